The van der Waals surface area contributed by atoms with Crippen LogP contribution in [0.5, 0.6) is 0 Å². The van der Waals surface area contributed by atoms with Crippen molar-refractivity contribution >= 4 is 16.1 Å². The Morgan fingerprint density at radius 2 is 1.50 bits per heavy atom. The largest absolute Gasteiger partial charge is 0.0787 e. The summed E-state index contributed by atoms with van der Waals surface area (Å²) in [6, 6.07) is 0. The van der Waals surface area contributed by atoms with E-state index >= 15 is 0 Å². The Kier molecular flexibility index (Phi) is 1.70. The summed E-state index contributed by atoms with van der Waals surface area (Å²) in [6.07, 6.45) is 0. The molecule has 0 N–H and O–H groups in total. The highest BCUT2D eigenvalue weighted by molar-refractivity contribution is 7.01. The molecule has 0 bridgehead atoms. The first-order chi connectivity index (χ1) is 1.73. The third-order valence-electron chi connectivity index (χ3n) is 0. The van der Waals surface area contributed by atoms with E-state index in [4.69, 9.17) is 7.44 Å². The minimum atomic E-state index is -0.639. The van der Waals surface area contributed by atoms with E-state index in [2.05, 4.69) is 13.1 Å². The lowest BCUT2D eigenvalue weighted by molar-refractivity contribution is 2.10. The quantitative estimate of drug-likeness (QED) is 0.355. The number of hydrogen-bond acceptors (Lipinski definition) is 0. The summed E-state index contributed by atoms with van der Waals surface area (Å²) in [4.78, 5) is 0. The van der Waals surface area contributed by atoms with Crippen LogP contribution in [-0.2, 0) is 0 Å². The molecule has 0 heterocycles. The molecule has 0 aromatic heterocycles. The number of hydrogen-bond donors (Lipinski definition) is 0. The fourth-order valence-electron chi connectivity index (χ4n) is 0. The van der Waals surface area contributed by atoms with Crippen LogP contribution in [0.3, 0.4) is 0 Å². The van der Waals surface area contributed by atoms with Gasteiger partial charge in [0.2, 0.25) is 0 Å². The van der Waals surface area contributed by atoms with E-state index in [1.54, 1.807) is 0 Å². The topological polar surface area (TPSA) is 0 Å². The van der Waals surface area contributed by atoms with Crippen LogP contribution in [0.15, 0.2) is 0 Å². The highest BCUT2D eigenvalue weighted by Gasteiger charge is 1.71. The van der Waals surface area contributed by atoms with Gasteiger partial charge in [-0.15, -0.1) is 0 Å². The second kappa shape index (κ2) is 1.59. The summed E-state index contributed by atoms with van der Waals surface area (Å²) in [5, 5.41) is 0. The zero-order valence-electron chi connectivity index (χ0n) is 3.15. The highest BCUT2D eigenvalue weighted by atomic mass is 28.3. The monoisotopic (exact) mass is 70.0 g/mol. The van der Waals surface area contributed by atoms with Crippen molar-refractivity contribution in [2.75, 3.05) is 0 Å². The van der Waals surface area contributed by atoms with E-state index in [1.165, 1.54) is 0 Å². The summed E-state index contributed by atoms with van der Waals surface area (Å²) in [5.41, 5.74) is 0. The van der Waals surface area contributed by atoms with Crippen molar-refractivity contribution in [2.24, 2.45) is 0 Å². The molecule has 0 amide bonds. The fourth-order valence-corrected chi connectivity index (χ4v) is 0. The van der Waals surface area contributed by atoms with Crippen molar-refractivity contribution in [1.29, 1.82) is 0 Å². The summed E-state index contributed by atoms with van der Waals surface area (Å²) >= 11 is 0. The van der Waals surface area contributed by atoms with Crippen molar-refractivity contribution in [3.8, 4) is 0 Å². The van der Waals surface area contributed by atoms with Crippen LogP contribution in [-0.4, -0.2) is 16.1 Å². The molecule has 0 fully saturated rings. The van der Waals surface area contributed by atoms with Crippen molar-refractivity contribution in [2.45, 2.75) is 13.1 Å². The van der Waals surface area contributed by atoms with E-state index in [9.17, 15) is 0 Å². The highest BCUT2D eigenvalue weighted by Crippen LogP contribution is 1.59. The number of rotatable bonds is 0. The lowest BCUT2D eigenvalue weighted by atomic mass is 10.7. The standard InChI is InChI=1S/C2H7BSi/c1-4(2)3/h4H,1-2H3. The van der Waals surface area contributed by atoms with Gasteiger partial charge in [-0.25, -0.2) is 0 Å². The molecule has 2 radical (unpaired) electrons. The van der Waals surface area contributed by atoms with Gasteiger partial charge in [0.25, 0.3) is 0 Å². The summed E-state index contributed by atoms with van der Waals surface area (Å²) in [7, 11) is 4.61. The Hall–Kier alpha value is 0.282. The van der Waals surface area contributed by atoms with Gasteiger partial charge in [-0.2, -0.15) is 0 Å². The van der Waals surface area contributed by atoms with Crippen LogP contribution in [0.4, 0.5) is 0 Å². The van der Waals surface area contributed by atoms with Gasteiger partial charge in [-0.05, 0) is 8.67 Å². The van der Waals surface area contributed by atoms with Crippen molar-refractivity contribution in [3.05, 3.63) is 0 Å². The minimum Gasteiger partial charge on any atom is -0.0787 e. The summed E-state index contributed by atoms with van der Waals surface area (Å²) < 4.78 is 0. The van der Waals surface area contributed by atoms with Gasteiger partial charge in [-0.1, -0.05) is 13.1 Å². The first-order valence-electron chi connectivity index (χ1n) is 1.49. The maximum atomic E-state index is 5.25. The molecule has 0 saturated carbocycles. The lowest BCUT2D eigenvalue weighted by Crippen LogP contribution is -1.94. The van der Waals surface area contributed by atoms with E-state index in [0.29, 0.717) is 0 Å². The molecule has 0 rings (SSSR count). The predicted molar refractivity (Wildman–Crippen MR) is 24.6 cm³/mol. The maximum Gasteiger partial charge on any atom is 0.0519 e. The van der Waals surface area contributed by atoms with Crippen molar-refractivity contribution < 1.29 is 0 Å². The average Bonchev–Trinajstić information content (AvgIpc) is 0.811. The molecule has 0 aromatic rings. The molecular formula is C2H7BSi. The van der Waals surface area contributed by atoms with Crippen molar-refractivity contribution in [3.63, 3.8) is 0 Å². The first-order valence-corrected chi connectivity index (χ1v) is 4.46. The third kappa shape index (κ3) is 47.2. The molecule has 0 aromatic carbocycles. The van der Waals surface area contributed by atoms with Crippen LogP contribution in [0.1, 0.15) is 0 Å². The molecule has 2 heteroatoms. The molecule has 0 aliphatic carbocycles. The molecule has 0 spiro atoms. The van der Waals surface area contributed by atoms with Crippen molar-refractivity contribution in [1.82, 2.24) is 0 Å². The van der Waals surface area contributed by atoms with E-state index in [-0.39, 0.29) is 0 Å². The normalized spacial score (nSPS) is 8.75. The summed E-state index contributed by atoms with van der Waals surface area (Å²) in [6.45, 7) is 4.17. The van der Waals surface area contributed by atoms with Gasteiger partial charge in [0.15, 0.2) is 0 Å². The Labute approximate surface area is 30.2 Å². The maximum absolute atomic E-state index is 5.25. The smallest absolute Gasteiger partial charge is 0.0519 e. The molecule has 0 aliphatic heterocycles. The van der Waals surface area contributed by atoms with Crippen LogP contribution in [0, 0.1) is 0 Å². The van der Waals surface area contributed by atoms with Gasteiger partial charge >= 0.3 is 0 Å². The summed E-state index contributed by atoms with van der Waals surface area (Å²) in [5.74, 6) is 0. The molecule has 22 valence electrons. The van der Waals surface area contributed by atoms with Gasteiger partial charge in [-0.3, -0.25) is 0 Å². The fraction of sp³-hybridized carbons (Fsp3) is 1.00. The molecular weight excluding hydrogens is 62.9 g/mol. The third-order valence-corrected chi connectivity index (χ3v) is 0. The molecule has 0 nitrogen and oxygen atoms in total. The van der Waals surface area contributed by atoms with Gasteiger partial charge in [0.1, 0.15) is 0 Å². The van der Waals surface area contributed by atoms with E-state index in [0.717, 1.165) is 0 Å². The Morgan fingerprint density at radius 1 is 1.50 bits per heavy atom. The van der Waals surface area contributed by atoms with Crippen LogP contribution in [0.2, 0.25) is 13.1 Å². The van der Waals surface area contributed by atoms with Gasteiger partial charge in [0, 0.05) is 0 Å². The molecule has 0 saturated heterocycles. The lowest BCUT2D eigenvalue weighted by Gasteiger charge is -1.76. The van der Waals surface area contributed by atoms with Gasteiger partial charge < -0.3 is 0 Å². The van der Waals surface area contributed by atoms with Crippen LogP contribution in [0.25, 0.3) is 0 Å². The van der Waals surface area contributed by atoms with Crippen LogP contribution < -0.4 is 0 Å². The SMILES string of the molecule is [B][SiH](C)C. The Bertz CT molecular complexity index is 10.8. The van der Waals surface area contributed by atoms with E-state index in [1.807, 2.05) is 0 Å². The van der Waals surface area contributed by atoms with Gasteiger partial charge in [0.05, 0.1) is 7.44 Å². The Balaban J connectivity index is 2.32. The van der Waals surface area contributed by atoms with E-state index < -0.39 is 8.67 Å². The zero-order chi connectivity index (χ0) is 3.58. The molecule has 4 heavy (non-hydrogen) atoms. The molecule has 0 aliphatic rings. The average molecular weight is 70.0 g/mol. The predicted octanol–water partition coefficient (Wildman–Crippen LogP) is 0.138. The van der Waals surface area contributed by atoms with Crippen LogP contribution >= 0.6 is 0 Å². The second-order valence-corrected chi connectivity index (χ2v) is 3.73. The second-order valence-electron chi connectivity index (χ2n) is 1.24. The zero-order valence-corrected chi connectivity index (χ0v) is 4.31. The first kappa shape index (κ1) is 4.28. The minimum absolute atomic E-state index is 0.639. The molecule has 0 unspecified atom stereocenters. The Morgan fingerprint density at radius 3 is 1.50 bits per heavy atom. The molecule has 0 atom stereocenters.